The van der Waals surface area contributed by atoms with E-state index in [2.05, 4.69) is 4.90 Å². The van der Waals surface area contributed by atoms with E-state index in [1.807, 2.05) is 37.3 Å². The molecule has 0 radical (unpaired) electrons. The number of halogens is 1. The Bertz CT molecular complexity index is 800. The van der Waals surface area contributed by atoms with Gasteiger partial charge in [0.05, 0.1) is 12.2 Å². The molecule has 1 fully saturated rings. The first-order valence-electron chi connectivity index (χ1n) is 9.58. The van der Waals surface area contributed by atoms with Crippen molar-refractivity contribution in [1.82, 2.24) is 4.90 Å². The quantitative estimate of drug-likeness (QED) is 0.834. The molecule has 5 heteroatoms. The second kappa shape index (κ2) is 7.44. The van der Waals surface area contributed by atoms with E-state index >= 15 is 0 Å². The third kappa shape index (κ3) is 3.99. The van der Waals surface area contributed by atoms with Gasteiger partial charge >= 0.3 is 0 Å². The molecule has 0 aliphatic carbocycles. The fourth-order valence-electron chi connectivity index (χ4n) is 4.20. The van der Waals surface area contributed by atoms with Crippen LogP contribution in [0.1, 0.15) is 48.2 Å². The molecule has 2 aliphatic heterocycles. The van der Waals surface area contributed by atoms with E-state index in [0.29, 0.717) is 18.0 Å². The molecule has 0 saturated carbocycles. The van der Waals surface area contributed by atoms with Crippen molar-refractivity contribution in [2.24, 2.45) is 0 Å². The summed E-state index contributed by atoms with van der Waals surface area (Å²) in [6.07, 6.45) is 1.24. The predicted molar refractivity (Wildman–Crippen MR) is 106 cm³/mol. The van der Waals surface area contributed by atoms with Crippen molar-refractivity contribution in [3.63, 3.8) is 0 Å². The molecule has 0 aromatic heterocycles. The number of aliphatic hydroxyl groups excluding tert-OH is 2. The fraction of sp³-hybridized carbons (Fsp3) is 0.455. The molecule has 2 atom stereocenters. The Hall–Kier alpha value is -1.59. The zero-order valence-corrected chi connectivity index (χ0v) is 16.3. The third-order valence-corrected chi connectivity index (χ3v) is 6.12. The van der Waals surface area contributed by atoms with Crippen LogP contribution < -0.4 is 4.74 Å². The highest BCUT2D eigenvalue weighted by Crippen LogP contribution is 2.45. The summed E-state index contributed by atoms with van der Waals surface area (Å²) in [4.78, 5) is 2.28. The molecule has 144 valence electrons. The smallest absolute Gasteiger partial charge is 0.126 e. The van der Waals surface area contributed by atoms with Crippen molar-refractivity contribution in [3.05, 3.63) is 64.2 Å². The van der Waals surface area contributed by atoms with Gasteiger partial charge in [-0.25, -0.2) is 0 Å². The number of β-amino-alcohol motifs (C(OH)–C–C–N with tert-alkyl or cyclic N) is 1. The largest absolute Gasteiger partial charge is 0.487 e. The molecule has 0 amide bonds. The van der Waals surface area contributed by atoms with E-state index < -0.39 is 12.2 Å². The molecule has 4 nitrogen and oxygen atoms in total. The van der Waals surface area contributed by atoms with Crippen LogP contribution in [-0.2, 0) is 0 Å². The van der Waals surface area contributed by atoms with Crippen molar-refractivity contribution in [3.8, 4) is 5.75 Å². The molecule has 1 spiro atoms. The van der Waals surface area contributed by atoms with Crippen molar-refractivity contribution < 1.29 is 14.9 Å². The highest BCUT2D eigenvalue weighted by Gasteiger charge is 2.43. The number of piperidine rings is 1. The number of hydrogen-bond acceptors (Lipinski definition) is 4. The summed E-state index contributed by atoms with van der Waals surface area (Å²) < 4.78 is 6.33. The van der Waals surface area contributed by atoms with Crippen LogP contribution in [0.4, 0.5) is 0 Å². The molecule has 0 bridgehead atoms. The number of ether oxygens (including phenoxy) is 1. The molecule has 2 aromatic carbocycles. The van der Waals surface area contributed by atoms with E-state index in [0.717, 1.165) is 42.8 Å². The third-order valence-electron chi connectivity index (χ3n) is 5.88. The Balaban J connectivity index is 1.39. The second-order valence-corrected chi connectivity index (χ2v) is 8.35. The summed E-state index contributed by atoms with van der Waals surface area (Å²) in [6.45, 7) is 4.36. The van der Waals surface area contributed by atoms with Crippen molar-refractivity contribution in [1.29, 1.82) is 0 Å². The van der Waals surface area contributed by atoms with Gasteiger partial charge in [-0.1, -0.05) is 41.4 Å². The molecule has 2 N–H and O–H groups in total. The summed E-state index contributed by atoms with van der Waals surface area (Å²) >= 11 is 6.05. The SMILES string of the molecule is Cc1ccc(C(O)CN2CCC3(CC2)CC(O)c2cc(Cl)ccc2O3)cc1. The molecule has 2 heterocycles. The predicted octanol–water partition coefficient (Wildman–Crippen LogP) is 4.03. The van der Waals surface area contributed by atoms with E-state index in [4.69, 9.17) is 16.3 Å². The second-order valence-electron chi connectivity index (χ2n) is 7.91. The molecule has 2 unspecified atom stereocenters. The number of rotatable bonds is 3. The van der Waals surface area contributed by atoms with Gasteiger partial charge in [0.25, 0.3) is 0 Å². The van der Waals surface area contributed by atoms with E-state index in [9.17, 15) is 10.2 Å². The monoisotopic (exact) mass is 387 g/mol. The molecule has 2 aromatic rings. The average Bonchev–Trinajstić information content (AvgIpc) is 2.65. The van der Waals surface area contributed by atoms with Crippen LogP contribution >= 0.6 is 11.6 Å². The fourth-order valence-corrected chi connectivity index (χ4v) is 4.38. The van der Waals surface area contributed by atoms with Gasteiger partial charge in [0.15, 0.2) is 0 Å². The zero-order valence-electron chi connectivity index (χ0n) is 15.6. The summed E-state index contributed by atoms with van der Waals surface area (Å²) in [5, 5.41) is 21.7. The van der Waals surface area contributed by atoms with Crippen LogP contribution in [0, 0.1) is 6.92 Å². The van der Waals surface area contributed by atoms with Crippen LogP contribution in [0.2, 0.25) is 5.02 Å². The van der Waals surface area contributed by atoms with Crippen LogP contribution in [-0.4, -0.2) is 40.3 Å². The van der Waals surface area contributed by atoms with Gasteiger partial charge in [-0.05, 0) is 43.5 Å². The Morgan fingerprint density at radius 3 is 2.59 bits per heavy atom. The number of aryl methyl sites for hydroxylation is 1. The number of nitrogens with zero attached hydrogens (tertiary/aromatic N) is 1. The Morgan fingerprint density at radius 1 is 1.19 bits per heavy atom. The minimum atomic E-state index is -0.544. The van der Waals surface area contributed by atoms with Gasteiger partial charge < -0.3 is 19.8 Å². The lowest BCUT2D eigenvalue weighted by Gasteiger charge is -2.46. The number of aliphatic hydroxyl groups is 2. The topological polar surface area (TPSA) is 52.9 Å². The average molecular weight is 388 g/mol. The molecule has 4 rings (SSSR count). The van der Waals surface area contributed by atoms with E-state index in [1.54, 1.807) is 12.1 Å². The number of hydrogen-bond donors (Lipinski definition) is 2. The van der Waals surface area contributed by atoms with Gasteiger partial charge in [0.2, 0.25) is 0 Å². The first kappa shape index (κ1) is 18.8. The van der Waals surface area contributed by atoms with Crippen LogP contribution in [0.25, 0.3) is 0 Å². The summed E-state index contributed by atoms with van der Waals surface area (Å²) in [7, 11) is 0. The zero-order chi connectivity index (χ0) is 19.0. The minimum Gasteiger partial charge on any atom is -0.487 e. The Kier molecular flexibility index (Phi) is 5.17. The van der Waals surface area contributed by atoms with Crippen molar-refractivity contribution in [2.45, 2.75) is 44.0 Å². The van der Waals surface area contributed by atoms with Crippen LogP contribution in [0.3, 0.4) is 0 Å². The van der Waals surface area contributed by atoms with Gasteiger partial charge in [0.1, 0.15) is 11.4 Å². The van der Waals surface area contributed by atoms with Crippen molar-refractivity contribution >= 4 is 11.6 Å². The summed E-state index contributed by atoms with van der Waals surface area (Å²) in [6, 6.07) is 13.5. The van der Waals surface area contributed by atoms with Crippen molar-refractivity contribution in [2.75, 3.05) is 19.6 Å². The molecule has 27 heavy (non-hydrogen) atoms. The molecular formula is C22H26ClNO3. The maximum absolute atomic E-state index is 10.6. The number of fused-ring (bicyclic) bond motifs is 1. The lowest BCUT2D eigenvalue weighted by atomic mass is 9.81. The first-order chi connectivity index (χ1) is 12.9. The van der Waals surface area contributed by atoms with Crippen LogP contribution in [0.5, 0.6) is 5.75 Å². The van der Waals surface area contributed by atoms with Gasteiger partial charge in [-0.3, -0.25) is 0 Å². The highest BCUT2D eigenvalue weighted by molar-refractivity contribution is 6.30. The minimum absolute atomic E-state index is 0.328. The normalized spacial score (nSPS) is 22.9. The van der Waals surface area contributed by atoms with Gasteiger partial charge in [-0.15, -0.1) is 0 Å². The maximum atomic E-state index is 10.6. The van der Waals surface area contributed by atoms with E-state index in [-0.39, 0.29) is 5.60 Å². The number of benzene rings is 2. The standard InChI is InChI=1S/C22H26ClNO3/c1-15-2-4-16(5-3-15)20(26)14-24-10-8-22(9-11-24)13-19(25)18-12-17(23)6-7-21(18)27-22/h2-7,12,19-20,25-26H,8-11,13-14H2,1H3. The first-order valence-corrected chi connectivity index (χ1v) is 9.95. The van der Waals surface area contributed by atoms with E-state index in [1.165, 1.54) is 5.56 Å². The lowest BCUT2D eigenvalue weighted by Crippen LogP contribution is -2.51. The van der Waals surface area contributed by atoms with Gasteiger partial charge in [0, 0.05) is 36.6 Å². The summed E-state index contributed by atoms with van der Waals surface area (Å²) in [5.41, 5.74) is 2.60. The number of likely N-dealkylation sites (tertiary alicyclic amines) is 1. The lowest BCUT2D eigenvalue weighted by molar-refractivity contribution is -0.0587. The van der Waals surface area contributed by atoms with Crippen LogP contribution in [0.15, 0.2) is 42.5 Å². The molecule has 1 saturated heterocycles. The Morgan fingerprint density at radius 2 is 1.89 bits per heavy atom. The Labute approximate surface area is 165 Å². The molecular weight excluding hydrogens is 362 g/mol. The van der Waals surface area contributed by atoms with Gasteiger partial charge in [-0.2, -0.15) is 0 Å². The summed E-state index contributed by atoms with van der Waals surface area (Å²) in [5.74, 6) is 0.742. The maximum Gasteiger partial charge on any atom is 0.126 e. The highest BCUT2D eigenvalue weighted by atomic mass is 35.5. The molecule has 2 aliphatic rings.